The third kappa shape index (κ3) is 4.46. The zero-order valence-electron chi connectivity index (χ0n) is 13.2. The van der Waals surface area contributed by atoms with E-state index in [1.807, 2.05) is 0 Å². The summed E-state index contributed by atoms with van der Waals surface area (Å²) in [5.74, 6) is 1.04. The quantitative estimate of drug-likeness (QED) is 0.754. The van der Waals surface area contributed by atoms with E-state index in [1.165, 1.54) is 70.9 Å². The Bertz CT molecular complexity index is 239. The van der Waals surface area contributed by atoms with Crippen molar-refractivity contribution in [3.63, 3.8) is 0 Å². The van der Waals surface area contributed by atoms with Crippen LogP contribution < -0.4 is 5.32 Å². The minimum absolute atomic E-state index is 0.747. The fraction of sp³-hybridized carbons (Fsp3) is 1.00. The summed E-state index contributed by atoms with van der Waals surface area (Å²) < 4.78 is 0. The van der Waals surface area contributed by atoms with E-state index in [0.29, 0.717) is 0 Å². The number of likely N-dealkylation sites (tertiary alicyclic amines) is 1. The molecule has 2 heteroatoms. The van der Waals surface area contributed by atoms with Crippen LogP contribution in [0.15, 0.2) is 0 Å². The van der Waals surface area contributed by atoms with Crippen LogP contribution in [0.1, 0.15) is 71.6 Å². The smallest absolute Gasteiger partial charge is 0.0123 e. The van der Waals surface area contributed by atoms with E-state index >= 15 is 0 Å². The Balaban J connectivity index is 1.72. The lowest BCUT2D eigenvalue weighted by atomic mass is 9.78. The van der Waals surface area contributed by atoms with E-state index in [9.17, 15) is 0 Å². The fourth-order valence-corrected chi connectivity index (χ4v) is 4.29. The molecule has 1 unspecified atom stereocenters. The molecule has 0 aromatic rings. The summed E-state index contributed by atoms with van der Waals surface area (Å²) in [7, 11) is 0. The molecule has 0 spiro atoms. The first kappa shape index (κ1) is 15.3. The molecule has 0 aromatic carbocycles. The predicted molar refractivity (Wildman–Crippen MR) is 83.5 cm³/mol. The van der Waals surface area contributed by atoms with Crippen molar-refractivity contribution in [3.05, 3.63) is 0 Å². The molecule has 1 aliphatic heterocycles. The Hall–Kier alpha value is -0.0800. The largest absolute Gasteiger partial charge is 0.314 e. The van der Waals surface area contributed by atoms with Crippen molar-refractivity contribution in [2.75, 3.05) is 19.6 Å². The molecule has 0 radical (unpaired) electrons. The van der Waals surface area contributed by atoms with Crippen LogP contribution >= 0.6 is 0 Å². The van der Waals surface area contributed by atoms with Crippen LogP contribution in [-0.4, -0.2) is 36.6 Å². The predicted octanol–water partition coefficient (Wildman–Crippen LogP) is 3.81. The molecule has 1 saturated carbocycles. The third-order valence-corrected chi connectivity index (χ3v) is 5.34. The lowest BCUT2D eigenvalue weighted by Gasteiger charge is -2.44. The number of hydrogen-bond donors (Lipinski definition) is 1. The van der Waals surface area contributed by atoms with Gasteiger partial charge in [0.1, 0.15) is 0 Å². The highest BCUT2D eigenvalue weighted by atomic mass is 15.2. The molecule has 3 atom stereocenters. The van der Waals surface area contributed by atoms with Gasteiger partial charge in [-0.25, -0.2) is 0 Å². The van der Waals surface area contributed by atoms with Crippen LogP contribution in [0.5, 0.6) is 0 Å². The second kappa shape index (κ2) is 8.26. The molecular weight excluding hydrogens is 232 g/mol. The zero-order valence-corrected chi connectivity index (χ0v) is 13.2. The molecule has 1 saturated heterocycles. The molecule has 2 aliphatic rings. The van der Waals surface area contributed by atoms with Crippen LogP contribution in [0.2, 0.25) is 0 Å². The first-order valence-corrected chi connectivity index (χ1v) is 8.82. The summed E-state index contributed by atoms with van der Waals surface area (Å²) >= 11 is 0. The zero-order chi connectivity index (χ0) is 13.5. The molecule has 2 fully saturated rings. The van der Waals surface area contributed by atoms with Gasteiger partial charge in [-0.15, -0.1) is 0 Å². The summed E-state index contributed by atoms with van der Waals surface area (Å²) in [4.78, 5) is 2.84. The van der Waals surface area contributed by atoms with Crippen LogP contribution in [0.4, 0.5) is 0 Å². The van der Waals surface area contributed by atoms with Gasteiger partial charge in [-0.05, 0) is 70.5 Å². The highest BCUT2D eigenvalue weighted by Gasteiger charge is 2.32. The second-order valence-electron chi connectivity index (χ2n) is 6.60. The fourth-order valence-electron chi connectivity index (χ4n) is 4.29. The molecule has 0 bridgehead atoms. The van der Waals surface area contributed by atoms with Crippen molar-refractivity contribution >= 4 is 0 Å². The standard InChI is InChI=1S/C17H34N2/c1-3-16(18-4-2)11-8-14-19-13-7-10-15-9-5-6-12-17(15)19/h15-18H,3-14H2,1-2H3/t15-,16?,17-/m1/s1. The average molecular weight is 266 g/mol. The Morgan fingerprint density at radius 2 is 1.89 bits per heavy atom. The van der Waals surface area contributed by atoms with E-state index in [0.717, 1.165) is 24.5 Å². The van der Waals surface area contributed by atoms with Crippen LogP contribution in [0.3, 0.4) is 0 Å². The minimum atomic E-state index is 0.747. The lowest BCUT2D eigenvalue weighted by Crippen LogP contribution is -2.47. The molecule has 112 valence electrons. The van der Waals surface area contributed by atoms with Gasteiger partial charge in [0, 0.05) is 12.1 Å². The topological polar surface area (TPSA) is 15.3 Å². The Morgan fingerprint density at radius 1 is 1.11 bits per heavy atom. The van der Waals surface area contributed by atoms with Gasteiger partial charge in [-0.1, -0.05) is 26.7 Å². The molecule has 0 amide bonds. The Kier molecular flexibility index (Phi) is 6.66. The van der Waals surface area contributed by atoms with E-state index < -0.39 is 0 Å². The summed E-state index contributed by atoms with van der Waals surface area (Å²) in [5, 5.41) is 3.61. The average Bonchev–Trinajstić information content (AvgIpc) is 2.46. The van der Waals surface area contributed by atoms with E-state index in [4.69, 9.17) is 0 Å². The first-order chi connectivity index (χ1) is 9.35. The number of nitrogens with zero attached hydrogens (tertiary/aromatic N) is 1. The number of nitrogens with one attached hydrogen (secondary N) is 1. The van der Waals surface area contributed by atoms with Gasteiger partial charge in [0.2, 0.25) is 0 Å². The van der Waals surface area contributed by atoms with Crippen molar-refractivity contribution in [1.82, 2.24) is 10.2 Å². The number of rotatable bonds is 7. The van der Waals surface area contributed by atoms with Gasteiger partial charge in [0.05, 0.1) is 0 Å². The van der Waals surface area contributed by atoms with Crippen molar-refractivity contribution in [3.8, 4) is 0 Å². The molecule has 1 N–H and O–H groups in total. The van der Waals surface area contributed by atoms with Crippen molar-refractivity contribution in [2.45, 2.75) is 83.7 Å². The highest BCUT2D eigenvalue weighted by molar-refractivity contribution is 4.87. The maximum atomic E-state index is 3.61. The first-order valence-electron chi connectivity index (χ1n) is 8.82. The molecular formula is C17H34N2. The monoisotopic (exact) mass is 266 g/mol. The van der Waals surface area contributed by atoms with Crippen molar-refractivity contribution in [1.29, 1.82) is 0 Å². The summed E-state index contributed by atoms with van der Waals surface area (Å²) in [5.41, 5.74) is 0. The number of hydrogen-bond acceptors (Lipinski definition) is 2. The van der Waals surface area contributed by atoms with Gasteiger partial charge in [0.15, 0.2) is 0 Å². The normalized spacial score (nSPS) is 30.0. The third-order valence-electron chi connectivity index (χ3n) is 5.34. The Morgan fingerprint density at radius 3 is 2.68 bits per heavy atom. The van der Waals surface area contributed by atoms with Crippen LogP contribution in [0.25, 0.3) is 0 Å². The SMILES string of the molecule is CCNC(CC)CCCN1CCC[C@H]2CCCC[C@H]21. The van der Waals surface area contributed by atoms with Gasteiger partial charge in [-0.2, -0.15) is 0 Å². The molecule has 2 nitrogen and oxygen atoms in total. The van der Waals surface area contributed by atoms with Crippen LogP contribution in [0, 0.1) is 5.92 Å². The number of fused-ring (bicyclic) bond motifs is 1. The lowest BCUT2D eigenvalue weighted by molar-refractivity contribution is 0.0590. The van der Waals surface area contributed by atoms with E-state index in [2.05, 4.69) is 24.1 Å². The molecule has 1 aliphatic carbocycles. The maximum Gasteiger partial charge on any atom is 0.0123 e. The molecule has 2 rings (SSSR count). The molecule has 19 heavy (non-hydrogen) atoms. The molecule has 0 aromatic heterocycles. The van der Waals surface area contributed by atoms with Gasteiger partial charge < -0.3 is 10.2 Å². The van der Waals surface area contributed by atoms with Gasteiger partial charge >= 0.3 is 0 Å². The van der Waals surface area contributed by atoms with Crippen molar-refractivity contribution in [2.24, 2.45) is 5.92 Å². The summed E-state index contributed by atoms with van der Waals surface area (Å²) in [6, 6.07) is 1.69. The van der Waals surface area contributed by atoms with Gasteiger partial charge in [-0.3, -0.25) is 0 Å². The Labute approximate surface area is 120 Å². The van der Waals surface area contributed by atoms with Crippen LogP contribution in [-0.2, 0) is 0 Å². The maximum absolute atomic E-state index is 3.61. The van der Waals surface area contributed by atoms with Gasteiger partial charge in [0.25, 0.3) is 0 Å². The highest BCUT2D eigenvalue weighted by Crippen LogP contribution is 2.35. The second-order valence-corrected chi connectivity index (χ2v) is 6.60. The van der Waals surface area contributed by atoms with E-state index in [-0.39, 0.29) is 0 Å². The van der Waals surface area contributed by atoms with E-state index in [1.54, 1.807) is 0 Å². The summed E-state index contributed by atoms with van der Waals surface area (Å²) in [6.45, 7) is 8.38. The number of piperidine rings is 1. The molecule has 1 heterocycles. The van der Waals surface area contributed by atoms with Crippen molar-refractivity contribution < 1.29 is 0 Å². The minimum Gasteiger partial charge on any atom is -0.314 e. The summed E-state index contributed by atoms with van der Waals surface area (Å²) in [6.07, 6.45) is 12.9.